The third kappa shape index (κ3) is 5.07. The van der Waals surface area contributed by atoms with Crippen molar-refractivity contribution in [2.24, 2.45) is 0 Å². The maximum absolute atomic E-state index is 11.9. The number of ether oxygens (including phenoxy) is 1. The van der Waals surface area contributed by atoms with Crippen LogP contribution in [0.2, 0.25) is 0 Å². The Morgan fingerprint density at radius 1 is 1.35 bits per heavy atom. The van der Waals surface area contributed by atoms with Gasteiger partial charge in [0, 0.05) is 19.5 Å². The lowest BCUT2D eigenvalue weighted by Gasteiger charge is -2.22. The number of carbonyl (C=O) groups is 3. The molecule has 7 heteroatoms. The average molecular weight is 286 g/mol. The van der Waals surface area contributed by atoms with Crippen LogP contribution in [0.3, 0.4) is 0 Å². The first-order valence-corrected chi connectivity index (χ1v) is 6.70. The molecule has 1 unspecified atom stereocenters. The zero-order valence-electron chi connectivity index (χ0n) is 12.1. The summed E-state index contributed by atoms with van der Waals surface area (Å²) in [6.07, 6.45) is 0.674. The molecular formula is C13H22N2O5. The summed E-state index contributed by atoms with van der Waals surface area (Å²) >= 11 is 0. The number of amides is 2. The third-order valence-corrected chi connectivity index (χ3v) is 2.87. The Kier molecular flexibility index (Phi) is 5.35. The lowest BCUT2D eigenvalue weighted by Crippen LogP contribution is -2.42. The molecule has 20 heavy (non-hydrogen) atoms. The Labute approximate surface area is 118 Å². The number of carboxylic acid groups (broad SMARTS) is 1. The van der Waals surface area contributed by atoms with Crippen LogP contribution in [0.5, 0.6) is 0 Å². The van der Waals surface area contributed by atoms with Gasteiger partial charge < -0.3 is 20.1 Å². The normalized spacial score (nSPS) is 18.8. The van der Waals surface area contributed by atoms with Gasteiger partial charge in [-0.1, -0.05) is 0 Å². The number of hydrogen-bond donors (Lipinski definition) is 2. The molecule has 1 aliphatic rings. The summed E-state index contributed by atoms with van der Waals surface area (Å²) in [5, 5.41) is 11.5. The second kappa shape index (κ2) is 6.58. The Hall–Kier alpha value is -1.79. The lowest BCUT2D eigenvalue weighted by atomic mass is 10.2. The number of hydrogen-bond acceptors (Lipinski definition) is 4. The highest BCUT2D eigenvalue weighted by Crippen LogP contribution is 2.18. The zero-order valence-corrected chi connectivity index (χ0v) is 12.1. The number of aliphatic carboxylic acids is 1. The fraction of sp³-hybridized carbons (Fsp3) is 0.769. The molecule has 1 fully saturated rings. The number of rotatable bonds is 4. The molecule has 0 aromatic rings. The van der Waals surface area contributed by atoms with Crippen LogP contribution >= 0.6 is 0 Å². The second-order valence-electron chi connectivity index (χ2n) is 5.76. The molecule has 1 aliphatic heterocycles. The molecule has 114 valence electrons. The molecule has 0 radical (unpaired) electrons. The van der Waals surface area contributed by atoms with Crippen LogP contribution < -0.4 is 5.32 Å². The smallest absolute Gasteiger partial charge is 0.407 e. The van der Waals surface area contributed by atoms with Gasteiger partial charge in [0.15, 0.2) is 0 Å². The summed E-state index contributed by atoms with van der Waals surface area (Å²) < 4.78 is 5.04. The maximum Gasteiger partial charge on any atom is 0.407 e. The van der Waals surface area contributed by atoms with E-state index < -0.39 is 23.7 Å². The molecule has 1 atom stereocenters. The van der Waals surface area contributed by atoms with E-state index in [4.69, 9.17) is 9.84 Å². The molecule has 1 rings (SSSR count). The van der Waals surface area contributed by atoms with E-state index in [1.165, 1.54) is 4.90 Å². The van der Waals surface area contributed by atoms with Crippen LogP contribution in [-0.2, 0) is 14.3 Å². The van der Waals surface area contributed by atoms with Crippen LogP contribution in [0.15, 0.2) is 0 Å². The number of carboxylic acids is 1. The predicted octanol–water partition coefficient (Wildman–Crippen LogP) is 0.977. The molecular weight excluding hydrogens is 264 g/mol. The van der Waals surface area contributed by atoms with E-state index in [0.29, 0.717) is 19.4 Å². The average Bonchev–Trinajstić information content (AvgIpc) is 2.74. The molecule has 0 aliphatic carbocycles. The summed E-state index contributed by atoms with van der Waals surface area (Å²) in [5.41, 5.74) is -0.586. The molecule has 2 amide bonds. The van der Waals surface area contributed by atoms with Gasteiger partial charge in [-0.2, -0.15) is 0 Å². The summed E-state index contributed by atoms with van der Waals surface area (Å²) in [7, 11) is 0. The van der Waals surface area contributed by atoms with Gasteiger partial charge in [0.2, 0.25) is 5.91 Å². The van der Waals surface area contributed by atoms with Crippen molar-refractivity contribution < 1.29 is 24.2 Å². The van der Waals surface area contributed by atoms with Crippen molar-refractivity contribution in [2.45, 2.75) is 51.7 Å². The molecule has 0 aromatic carbocycles. The van der Waals surface area contributed by atoms with Gasteiger partial charge in [-0.25, -0.2) is 9.59 Å². The first-order chi connectivity index (χ1) is 9.20. The molecule has 7 nitrogen and oxygen atoms in total. The molecule has 0 bridgehead atoms. The first kappa shape index (κ1) is 16.3. The Bertz CT molecular complexity index is 389. The van der Waals surface area contributed by atoms with Gasteiger partial charge in [-0.15, -0.1) is 0 Å². The van der Waals surface area contributed by atoms with E-state index in [0.717, 1.165) is 0 Å². The number of likely N-dealkylation sites (tertiary alicyclic amines) is 1. The van der Waals surface area contributed by atoms with Crippen LogP contribution in [0, 0.1) is 0 Å². The van der Waals surface area contributed by atoms with Crippen LogP contribution in [-0.4, -0.2) is 52.7 Å². The molecule has 0 spiro atoms. The Morgan fingerprint density at radius 3 is 2.55 bits per heavy atom. The number of carbonyl (C=O) groups excluding carboxylic acids is 2. The maximum atomic E-state index is 11.9. The van der Waals surface area contributed by atoms with Crippen LogP contribution in [0.25, 0.3) is 0 Å². The van der Waals surface area contributed by atoms with Gasteiger partial charge in [0.1, 0.15) is 11.6 Å². The van der Waals surface area contributed by atoms with Crippen LogP contribution in [0.1, 0.15) is 40.0 Å². The SMILES string of the molecule is CC(C)(C)OC(=O)NCCC(=O)N1CCCC1C(=O)O. The van der Waals surface area contributed by atoms with Gasteiger partial charge in [-0.3, -0.25) is 4.79 Å². The Morgan fingerprint density at radius 2 is 2.00 bits per heavy atom. The summed E-state index contributed by atoms with van der Waals surface area (Å²) in [5.74, 6) is -1.23. The van der Waals surface area contributed by atoms with E-state index >= 15 is 0 Å². The van der Waals surface area contributed by atoms with Gasteiger partial charge in [-0.05, 0) is 33.6 Å². The molecule has 0 aromatic heterocycles. The van der Waals surface area contributed by atoms with E-state index in [1.54, 1.807) is 20.8 Å². The van der Waals surface area contributed by atoms with Crippen molar-refractivity contribution in [3.8, 4) is 0 Å². The summed E-state index contributed by atoms with van der Waals surface area (Å²) in [6, 6.07) is -0.732. The highest BCUT2D eigenvalue weighted by molar-refractivity contribution is 5.84. The second-order valence-corrected chi connectivity index (χ2v) is 5.76. The van der Waals surface area contributed by atoms with Crippen molar-refractivity contribution >= 4 is 18.0 Å². The molecule has 1 saturated heterocycles. The van der Waals surface area contributed by atoms with E-state index in [2.05, 4.69) is 5.32 Å². The predicted molar refractivity (Wildman–Crippen MR) is 71.2 cm³/mol. The summed E-state index contributed by atoms with van der Waals surface area (Å²) in [4.78, 5) is 35.6. The number of nitrogens with zero attached hydrogens (tertiary/aromatic N) is 1. The van der Waals surface area contributed by atoms with Crippen LogP contribution in [0.4, 0.5) is 4.79 Å². The molecule has 2 N–H and O–H groups in total. The van der Waals surface area contributed by atoms with Gasteiger partial charge >= 0.3 is 12.1 Å². The quantitative estimate of drug-likeness (QED) is 0.803. The molecule has 1 heterocycles. The minimum absolute atomic E-state index is 0.0724. The summed E-state index contributed by atoms with van der Waals surface area (Å²) in [6.45, 7) is 5.84. The van der Waals surface area contributed by atoms with Crippen molar-refractivity contribution in [1.82, 2.24) is 10.2 Å². The minimum Gasteiger partial charge on any atom is -0.480 e. The van der Waals surface area contributed by atoms with Crippen molar-refractivity contribution in [3.63, 3.8) is 0 Å². The van der Waals surface area contributed by atoms with Crippen molar-refractivity contribution in [3.05, 3.63) is 0 Å². The van der Waals surface area contributed by atoms with E-state index in [1.807, 2.05) is 0 Å². The largest absolute Gasteiger partial charge is 0.480 e. The van der Waals surface area contributed by atoms with E-state index in [-0.39, 0.29) is 18.9 Å². The van der Waals surface area contributed by atoms with Crippen molar-refractivity contribution in [2.75, 3.05) is 13.1 Å². The van der Waals surface area contributed by atoms with Crippen molar-refractivity contribution in [1.29, 1.82) is 0 Å². The highest BCUT2D eigenvalue weighted by Gasteiger charge is 2.33. The van der Waals surface area contributed by atoms with E-state index in [9.17, 15) is 14.4 Å². The minimum atomic E-state index is -0.976. The van der Waals surface area contributed by atoms with Gasteiger partial charge in [0.05, 0.1) is 0 Å². The standard InChI is InChI=1S/C13H22N2O5/c1-13(2,3)20-12(19)14-7-6-10(16)15-8-4-5-9(15)11(17)18/h9H,4-8H2,1-3H3,(H,14,19)(H,17,18). The first-order valence-electron chi connectivity index (χ1n) is 6.70. The number of alkyl carbamates (subject to hydrolysis) is 1. The fourth-order valence-corrected chi connectivity index (χ4v) is 2.05. The Balaban J connectivity index is 2.33. The zero-order chi connectivity index (χ0) is 15.3. The highest BCUT2D eigenvalue weighted by atomic mass is 16.6. The topological polar surface area (TPSA) is 95.9 Å². The monoisotopic (exact) mass is 286 g/mol. The third-order valence-electron chi connectivity index (χ3n) is 2.87. The van der Waals surface area contributed by atoms with Gasteiger partial charge in [0.25, 0.3) is 0 Å². The number of nitrogens with one attached hydrogen (secondary N) is 1. The molecule has 0 saturated carbocycles. The fourth-order valence-electron chi connectivity index (χ4n) is 2.05. The lowest BCUT2D eigenvalue weighted by molar-refractivity contribution is -0.148.